The van der Waals surface area contributed by atoms with Crippen molar-refractivity contribution < 1.29 is 28.0 Å². The van der Waals surface area contributed by atoms with Crippen molar-refractivity contribution in [2.75, 3.05) is 69.6 Å². The smallest absolute Gasteiger partial charge is 0.257 e. The Morgan fingerprint density at radius 3 is 2.36 bits per heavy atom. The van der Waals surface area contributed by atoms with E-state index >= 15 is 8.78 Å². The second-order valence-electron chi connectivity index (χ2n) is 21.0. The SMILES string of the molecule is CNc1ccn(-c2ccnc3c2cc([C@H](C)N2CC=C(c4c(F)cc(C(=O)N5CCC(CN6CCN(Cc7ccc8c(c7)C(C)(C)C(=O)N8[C@H]7CCC(=O)NC7=O)C[C@@H]6C)CC5)cc4F)CC2)n3C)c(=O)c1. The second-order valence-corrected chi connectivity index (χ2v) is 21.0. The molecule has 0 saturated carbocycles. The minimum absolute atomic E-state index is 0.0257. The molecule has 5 aliphatic rings. The van der Waals surface area contributed by atoms with Crippen molar-refractivity contribution >= 4 is 51.6 Å². The summed E-state index contributed by atoms with van der Waals surface area (Å²) in [6.07, 6.45) is 7.89. The van der Waals surface area contributed by atoms with Crippen molar-refractivity contribution in [3.05, 3.63) is 123 Å². The molecule has 0 unspecified atom stereocenters. The van der Waals surface area contributed by atoms with Gasteiger partial charge in [0.1, 0.15) is 23.3 Å². The fraction of sp³-hybridized carbons (Fsp3) is 0.455. The third kappa shape index (κ3) is 9.04. The Morgan fingerprint density at radius 1 is 0.917 bits per heavy atom. The van der Waals surface area contributed by atoms with Crippen molar-refractivity contribution in [1.29, 1.82) is 0 Å². The van der Waals surface area contributed by atoms with Crippen LogP contribution in [0, 0.1) is 17.6 Å². The second kappa shape index (κ2) is 19.5. The number of benzene rings is 2. The molecule has 3 fully saturated rings. The van der Waals surface area contributed by atoms with Gasteiger partial charge >= 0.3 is 0 Å². The molecule has 10 rings (SSSR count). The molecule has 8 heterocycles. The van der Waals surface area contributed by atoms with Gasteiger partial charge in [0.05, 0.1) is 11.1 Å². The molecule has 5 aromatic rings. The number of rotatable bonds is 11. The fourth-order valence-electron chi connectivity index (χ4n) is 11.9. The molecule has 0 radical (unpaired) electrons. The molecule has 72 heavy (non-hydrogen) atoms. The van der Waals surface area contributed by atoms with Crippen LogP contribution in [0.25, 0.3) is 22.3 Å². The first-order valence-corrected chi connectivity index (χ1v) is 25.3. The van der Waals surface area contributed by atoms with E-state index in [9.17, 15) is 24.0 Å². The lowest BCUT2D eigenvalue weighted by molar-refractivity contribution is -0.136. The molecular formula is C55H64F2N10O5. The van der Waals surface area contributed by atoms with Crippen LogP contribution in [-0.4, -0.2) is 129 Å². The molecule has 17 heteroatoms. The van der Waals surface area contributed by atoms with Crippen molar-refractivity contribution in [2.24, 2.45) is 13.0 Å². The van der Waals surface area contributed by atoms with Gasteiger partial charge in [-0.3, -0.25) is 53.5 Å². The van der Waals surface area contributed by atoms with Crippen molar-refractivity contribution in [3.8, 4) is 5.69 Å². The summed E-state index contributed by atoms with van der Waals surface area (Å²) in [5.41, 5.74) is 5.52. The maximum atomic E-state index is 15.9. The van der Waals surface area contributed by atoms with Gasteiger partial charge in [0.15, 0.2) is 0 Å². The van der Waals surface area contributed by atoms with Gasteiger partial charge in [0.2, 0.25) is 17.7 Å². The average Bonchev–Trinajstić information content (AvgIpc) is 3.80. The molecule has 3 aromatic heterocycles. The Hall–Kier alpha value is -6.56. The lowest BCUT2D eigenvalue weighted by Gasteiger charge is -2.42. The van der Waals surface area contributed by atoms with Crippen molar-refractivity contribution in [1.82, 2.24) is 39.0 Å². The van der Waals surface area contributed by atoms with E-state index in [0.717, 1.165) is 90.5 Å². The van der Waals surface area contributed by atoms with E-state index in [0.29, 0.717) is 56.6 Å². The van der Waals surface area contributed by atoms with E-state index in [-0.39, 0.29) is 46.9 Å². The van der Waals surface area contributed by atoms with Gasteiger partial charge in [-0.1, -0.05) is 18.2 Å². The zero-order valence-electron chi connectivity index (χ0n) is 42.0. The number of carbonyl (C=O) groups is 4. The first-order valence-electron chi connectivity index (χ1n) is 25.3. The Balaban J connectivity index is 0.716. The van der Waals surface area contributed by atoms with E-state index in [1.807, 2.05) is 55.8 Å². The number of piperazine rings is 1. The number of nitrogens with zero attached hydrogens (tertiary/aromatic N) is 8. The number of aromatic nitrogens is 3. The average molecular weight is 983 g/mol. The minimum atomic E-state index is -0.799. The summed E-state index contributed by atoms with van der Waals surface area (Å²) < 4.78 is 35.5. The summed E-state index contributed by atoms with van der Waals surface area (Å²) >= 11 is 0. The standard InChI is InChI=1S/C55H64F2N10O5/c1-33-30-62(31-36-7-8-45-41(25-36)55(3,4)54(72)67(45)46-9-10-48(68)60-52(46)70)23-24-65(33)32-35-12-18-64(19-13-35)53(71)38-26-42(56)50(43(57)27-38)37-14-20-63(21-15-37)34(2)47-29-40-44(11-17-59-51(40)61(47)6)66-22-16-39(58-5)28-49(66)69/h7-8,11,14,16-17,22,25-29,33-35,46,58H,9-10,12-13,15,18-21,23-24,30-32H2,1-6H3,(H,60,68,70)/t33-,34-,46-/m0/s1. The zero-order valence-corrected chi connectivity index (χ0v) is 42.0. The summed E-state index contributed by atoms with van der Waals surface area (Å²) in [5.74, 6) is -2.29. The van der Waals surface area contributed by atoms with Gasteiger partial charge in [-0.15, -0.1) is 0 Å². The monoisotopic (exact) mass is 983 g/mol. The van der Waals surface area contributed by atoms with E-state index in [1.54, 1.807) is 39.9 Å². The predicted octanol–water partition coefficient (Wildman–Crippen LogP) is 6.38. The van der Waals surface area contributed by atoms with Crippen LogP contribution >= 0.6 is 0 Å². The first kappa shape index (κ1) is 49.0. The number of pyridine rings is 2. The molecule has 4 amide bonds. The molecule has 0 spiro atoms. The van der Waals surface area contributed by atoms with Crippen LogP contribution in [0.3, 0.4) is 0 Å². The minimum Gasteiger partial charge on any atom is -0.388 e. The fourth-order valence-corrected chi connectivity index (χ4v) is 11.9. The van der Waals surface area contributed by atoms with Gasteiger partial charge in [-0.05, 0) is 112 Å². The quantitative estimate of drug-likeness (QED) is 0.143. The number of anilines is 2. The number of hydrogen-bond donors (Lipinski definition) is 2. The summed E-state index contributed by atoms with van der Waals surface area (Å²) in [5, 5.41) is 6.24. The highest BCUT2D eigenvalue weighted by molar-refractivity contribution is 6.13. The van der Waals surface area contributed by atoms with Crippen LogP contribution in [-0.2, 0) is 33.4 Å². The number of piperidine rings is 2. The highest BCUT2D eigenvalue weighted by Crippen LogP contribution is 2.44. The van der Waals surface area contributed by atoms with Crippen molar-refractivity contribution in [2.45, 2.75) is 89.9 Å². The van der Waals surface area contributed by atoms with E-state index in [4.69, 9.17) is 0 Å². The van der Waals surface area contributed by atoms with Gasteiger partial charge in [-0.25, -0.2) is 13.8 Å². The zero-order chi connectivity index (χ0) is 50.7. The number of amides is 4. The molecular weight excluding hydrogens is 919 g/mol. The molecule has 3 saturated heterocycles. The largest absolute Gasteiger partial charge is 0.388 e. The van der Waals surface area contributed by atoms with Crippen LogP contribution in [0.15, 0.2) is 77.9 Å². The number of halogens is 2. The summed E-state index contributed by atoms with van der Waals surface area (Å²) in [6.45, 7) is 14.5. The molecule has 3 atom stereocenters. The Bertz CT molecular complexity index is 3060. The van der Waals surface area contributed by atoms with Gasteiger partial charge in [-0.2, -0.15) is 0 Å². The third-order valence-electron chi connectivity index (χ3n) is 16.2. The highest BCUT2D eigenvalue weighted by Gasteiger charge is 2.49. The van der Waals surface area contributed by atoms with E-state index < -0.39 is 29.0 Å². The van der Waals surface area contributed by atoms with Crippen LogP contribution in [0.5, 0.6) is 0 Å². The molecule has 15 nitrogen and oxygen atoms in total. The van der Waals surface area contributed by atoms with Crippen LogP contribution in [0.4, 0.5) is 20.2 Å². The molecule has 2 aromatic carbocycles. The van der Waals surface area contributed by atoms with Crippen molar-refractivity contribution in [3.63, 3.8) is 0 Å². The number of imide groups is 1. The third-order valence-corrected chi connectivity index (χ3v) is 16.2. The normalized spacial score (nSPS) is 21.8. The molecule has 2 N–H and O–H groups in total. The lowest BCUT2D eigenvalue weighted by Crippen LogP contribution is -2.55. The van der Waals surface area contributed by atoms with Crippen LogP contribution in [0.2, 0.25) is 0 Å². The number of nitrogens with one attached hydrogen (secondary N) is 2. The number of likely N-dealkylation sites (tertiary alicyclic amines) is 1. The molecule has 378 valence electrons. The van der Waals surface area contributed by atoms with E-state index in [2.05, 4.69) is 56.3 Å². The maximum Gasteiger partial charge on any atom is 0.257 e. The van der Waals surface area contributed by atoms with Crippen LogP contribution in [0.1, 0.15) is 98.6 Å². The highest BCUT2D eigenvalue weighted by atomic mass is 19.1. The number of carbonyl (C=O) groups excluding carboxylic acids is 4. The Kier molecular flexibility index (Phi) is 13.3. The van der Waals surface area contributed by atoms with Gasteiger partial charge < -0.3 is 14.8 Å². The van der Waals surface area contributed by atoms with Gasteiger partial charge in [0, 0.05) is 144 Å². The Labute approximate surface area is 418 Å². The van der Waals surface area contributed by atoms with Gasteiger partial charge in [0.25, 0.3) is 11.5 Å². The molecule has 0 aliphatic carbocycles. The maximum absolute atomic E-state index is 15.9. The summed E-state index contributed by atoms with van der Waals surface area (Å²) in [4.78, 5) is 80.1. The van der Waals surface area contributed by atoms with E-state index in [1.165, 1.54) is 12.1 Å². The first-order chi connectivity index (χ1) is 34.5. The summed E-state index contributed by atoms with van der Waals surface area (Å²) in [7, 11) is 3.73. The number of hydrogen-bond acceptors (Lipinski definition) is 10. The topological polar surface area (TPSA) is 148 Å². The number of aryl methyl sites for hydroxylation is 1. The van der Waals surface area contributed by atoms with Crippen LogP contribution < -0.4 is 21.1 Å². The number of fused-ring (bicyclic) bond motifs is 2. The predicted molar refractivity (Wildman–Crippen MR) is 273 cm³/mol. The Morgan fingerprint density at radius 2 is 1.68 bits per heavy atom. The lowest BCUT2D eigenvalue weighted by atomic mass is 9.85. The molecule has 0 bridgehead atoms. The molecule has 5 aliphatic heterocycles. The summed E-state index contributed by atoms with van der Waals surface area (Å²) in [6, 6.07) is 15.3.